The van der Waals surface area contributed by atoms with Crippen molar-refractivity contribution in [2.45, 2.75) is 83.3 Å². The number of aromatic nitrogens is 1. The highest BCUT2D eigenvalue weighted by Crippen LogP contribution is 2.33. The third-order valence-corrected chi connectivity index (χ3v) is 7.31. The van der Waals surface area contributed by atoms with Gasteiger partial charge in [-0.1, -0.05) is 42.8 Å². The topological polar surface area (TPSA) is 138 Å². The van der Waals surface area contributed by atoms with Crippen molar-refractivity contribution in [2.75, 3.05) is 18.8 Å². The van der Waals surface area contributed by atoms with Crippen LogP contribution in [0, 0.1) is 6.92 Å². The van der Waals surface area contributed by atoms with Crippen LogP contribution in [0.5, 0.6) is 0 Å². The number of aliphatic carboxylic acids is 1. The monoisotopic (exact) mass is 523 g/mol. The molecule has 0 spiro atoms. The number of hydrogen-bond donors (Lipinski definition) is 4. The molecule has 1 aromatic carbocycles. The summed E-state index contributed by atoms with van der Waals surface area (Å²) in [5.74, 6) is -0.343. The van der Waals surface area contributed by atoms with Crippen molar-refractivity contribution in [2.24, 2.45) is 0 Å². The van der Waals surface area contributed by atoms with Gasteiger partial charge in [-0.3, -0.25) is 19.3 Å². The first-order valence-electron chi connectivity index (χ1n) is 13.5. The Morgan fingerprint density at radius 1 is 1.13 bits per heavy atom. The highest BCUT2D eigenvalue weighted by molar-refractivity contribution is 5.87. The molecule has 9 heteroatoms. The van der Waals surface area contributed by atoms with E-state index >= 15 is 0 Å². The largest absolute Gasteiger partial charge is 0.481 e. The Bertz CT molecular complexity index is 1080. The number of aryl methyl sites for hydroxylation is 1. The Balaban J connectivity index is 1.54. The molecular formula is C29H41N5O4. The molecule has 5 N–H and O–H groups in total. The van der Waals surface area contributed by atoms with Crippen LogP contribution >= 0.6 is 0 Å². The number of carboxylic acids is 1. The highest BCUT2D eigenvalue weighted by Gasteiger charge is 2.31. The molecule has 0 radical (unpaired) electrons. The number of unbranched alkanes of at least 4 members (excludes halogenated alkanes) is 2. The normalized spacial score (nSPS) is 18.5. The van der Waals surface area contributed by atoms with E-state index in [-0.39, 0.29) is 24.3 Å². The molecule has 3 rings (SSSR count). The van der Waals surface area contributed by atoms with Crippen LogP contribution in [0.25, 0.3) is 0 Å². The molecule has 38 heavy (non-hydrogen) atoms. The lowest BCUT2D eigenvalue weighted by Gasteiger charge is -2.39. The summed E-state index contributed by atoms with van der Waals surface area (Å²) in [6, 6.07) is 13.3. The molecule has 1 fully saturated rings. The van der Waals surface area contributed by atoms with E-state index in [9.17, 15) is 14.4 Å². The number of pyridine rings is 1. The molecule has 0 bridgehead atoms. The van der Waals surface area contributed by atoms with Gasteiger partial charge in [0.2, 0.25) is 11.8 Å². The minimum atomic E-state index is -0.762. The van der Waals surface area contributed by atoms with Gasteiger partial charge in [0, 0.05) is 31.1 Å². The summed E-state index contributed by atoms with van der Waals surface area (Å²) in [5.41, 5.74) is 8.62. The van der Waals surface area contributed by atoms with Crippen LogP contribution in [-0.4, -0.2) is 57.9 Å². The van der Waals surface area contributed by atoms with Gasteiger partial charge in [0.25, 0.3) is 0 Å². The average Bonchev–Trinajstić information content (AvgIpc) is 2.88. The van der Waals surface area contributed by atoms with Gasteiger partial charge >= 0.3 is 5.97 Å². The van der Waals surface area contributed by atoms with Crippen LogP contribution in [0.4, 0.5) is 5.82 Å². The number of benzene rings is 1. The Morgan fingerprint density at radius 2 is 1.89 bits per heavy atom. The van der Waals surface area contributed by atoms with Gasteiger partial charge in [-0.15, -0.1) is 0 Å². The summed E-state index contributed by atoms with van der Waals surface area (Å²) in [4.78, 5) is 43.0. The number of rotatable bonds is 13. The predicted molar refractivity (Wildman–Crippen MR) is 147 cm³/mol. The molecule has 0 aliphatic carbocycles. The Hall–Kier alpha value is -3.46. The van der Waals surface area contributed by atoms with Crippen molar-refractivity contribution in [3.05, 3.63) is 59.3 Å². The highest BCUT2D eigenvalue weighted by atomic mass is 16.4. The second-order valence-electron chi connectivity index (χ2n) is 10.2. The molecule has 2 amide bonds. The van der Waals surface area contributed by atoms with Crippen molar-refractivity contribution in [3.63, 3.8) is 0 Å². The lowest BCUT2D eigenvalue weighted by atomic mass is 9.84. The van der Waals surface area contributed by atoms with E-state index in [0.29, 0.717) is 31.1 Å². The molecular weight excluding hydrogens is 482 g/mol. The molecule has 3 atom stereocenters. The predicted octanol–water partition coefficient (Wildman–Crippen LogP) is 3.38. The minimum Gasteiger partial charge on any atom is -0.481 e. The van der Waals surface area contributed by atoms with E-state index in [1.807, 2.05) is 31.2 Å². The van der Waals surface area contributed by atoms with Gasteiger partial charge in [-0.2, -0.15) is 0 Å². The van der Waals surface area contributed by atoms with Crippen molar-refractivity contribution < 1.29 is 19.5 Å². The Morgan fingerprint density at radius 3 is 2.61 bits per heavy atom. The number of anilines is 1. The molecule has 0 saturated carbocycles. The van der Waals surface area contributed by atoms with Crippen molar-refractivity contribution in [1.82, 2.24) is 20.5 Å². The maximum atomic E-state index is 13.0. The Labute approximate surface area is 225 Å². The molecule has 1 aliphatic heterocycles. The summed E-state index contributed by atoms with van der Waals surface area (Å²) in [6.07, 6.45) is 4.82. The first-order valence-corrected chi connectivity index (χ1v) is 13.5. The zero-order chi connectivity index (χ0) is 27.5. The van der Waals surface area contributed by atoms with Crippen LogP contribution in [0.1, 0.15) is 74.6 Å². The van der Waals surface area contributed by atoms with Crippen LogP contribution in [-0.2, 0) is 20.9 Å². The summed E-state index contributed by atoms with van der Waals surface area (Å²) in [6.45, 7) is 5.57. The number of carboxylic acid groups (broad SMARTS) is 1. The maximum Gasteiger partial charge on any atom is 0.303 e. The van der Waals surface area contributed by atoms with Crippen LogP contribution in [0.15, 0.2) is 42.5 Å². The molecule has 9 nitrogen and oxygen atoms in total. The third-order valence-electron chi connectivity index (χ3n) is 7.31. The summed E-state index contributed by atoms with van der Waals surface area (Å²) >= 11 is 0. The smallest absolute Gasteiger partial charge is 0.303 e. The second-order valence-corrected chi connectivity index (χ2v) is 10.2. The lowest BCUT2D eigenvalue weighted by Crippen LogP contribution is -2.48. The van der Waals surface area contributed by atoms with Crippen LogP contribution < -0.4 is 16.4 Å². The van der Waals surface area contributed by atoms with E-state index in [4.69, 9.17) is 10.8 Å². The number of likely N-dealkylation sites (tertiary alicyclic amines) is 1. The number of hydrogen-bond acceptors (Lipinski definition) is 6. The molecule has 206 valence electrons. The third kappa shape index (κ3) is 9.13. The maximum absolute atomic E-state index is 13.0. The van der Waals surface area contributed by atoms with Gasteiger partial charge in [0.05, 0.1) is 0 Å². The van der Waals surface area contributed by atoms with Gasteiger partial charge in [-0.25, -0.2) is 4.98 Å². The summed E-state index contributed by atoms with van der Waals surface area (Å²) in [7, 11) is 0. The van der Waals surface area contributed by atoms with Crippen molar-refractivity contribution in [3.8, 4) is 0 Å². The van der Waals surface area contributed by atoms with E-state index in [1.54, 1.807) is 13.0 Å². The van der Waals surface area contributed by atoms with E-state index in [2.05, 4.69) is 32.7 Å². The molecule has 1 aliphatic rings. The lowest BCUT2D eigenvalue weighted by molar-refractivity contribution is -0.137. The zero-order valence-electron chi connectivity index (χ0n) is 22.5. The number of nitrogens with zero attached hydrogens (tertiary/aromatic N) is 2. The van der Waals surface area contributed by atoms with E-state index < -0.39 is 12.0 Å². The number of carbonyl (C=O) groups is 3. The molecule has 1 saturated heterocycles. The zero-order valence-corrected chi connectivity index (χ0v) is 22.5. The van der Waals surface area contributed by atoms with Crippen molar-refractivity contribution >= 4 is 23.6 Å². The Kier molecular flexibility index (Phi) is 11.1. The number of amides is 2. The second kappa shape index (κ2) is 14.5. The average molecular weight is 524 g/mol. The fourth-order valence-electron chi connectivity index (χ4n) is 5.11. The molecule has 1 aromatic heterocycles. The summed E-state index contributed by atoms with van der Waals surface area (Å²) < 4.78 is 0. The first-order chi connectivity index (χ1) is 18.2. The standard InChI is InChI=1S/C29H41N5O4/c1-20-24(12-13-26(30)32-20)19-31-29(38)21(2)33-27(35)18-25-17-23(22-9-5-3-6-10-22)14-16-34(25)15-8-4-7-11-28(36)37/h3,5-6,9-10,12-13,21,23,25H,4,7-8,11,14-19H2,1-2H3,(H2,30,32)(H,31,38)(H,33,35)(H,36,37)/t21-,23-,25+/m0/s1. The minimum absolute atomic E-state index is 0.0622. The molecule has 2 heterocycles. The van der Waals surface area contributed by atoms with E-state index in [1.165, 1.54) is 5.56 Å². The van der Waals surface area contributed by atoms with E-state index in [0.717, 1.165) is 50.0 Å². The molecule has 2 aromatic rings. The van der Waals surface area contributed by atoms with Crippen LogP contribution in [0.3, 0.4) is 0 Å². The van der Waals surface area contributed by atoms with Gasteiger partial charge < -0.3 is 21.5 Å². The van der Waals surface area contributed by atoms with Gasteiger partial charge in [0.1, 0.15) is 11.9 Å². The number of nitrogen functional groups attached to an aromatic ring is 1. The fourth-order valence-corrected chi connectivity index (χ4v) is 5.11. The quantitative estimate of drug-likeness (QED) is 0.295. The number of carbonyl (C=O) groups excluding carboxylic acids is 2. The van der Waals surface area contributed by atoms with Crippen LogP contribution in [0.2, 0.25) is 0 Å². The SMILES string of the molecule is Cc1nc(N)ccc1CNC(=O)[C@H](C)NC(=O)C[C@H]1C[C@@H](c2ccccc2)CCN1CCCCCC(=O)O. The first kappa shape index (κ1) is 29.1. The summed E-state index contributed by atoms with van der Waals surface area (Å²) in [5, 5.41) is 14.6. The van der Waals surface area contributed by atoms with Gasteiger partial charge in [-0.05, 0) is 75.7 Å². The fraction of sp³-hybridized carbons (Fsp3) is 0.517. The number of nitrogens with two attached hydrogens (primary N) is 1. The number of piperidine rings is 1. The molecule has 0 unspecified atom stereocenters. The van der Waals surface area contributed by atoms with Gasteiger partial charge in [0.15, 0.2) is 0 Å². The number of nitrogens with one attached hydrogen (secondary N) is 2. The van der Waals surface area contributed by atoms with Crippen molar-refractivity contribution in [1.29, 1.82) is 0 Å².